The molecule has 90 valence electrons. The van der Waals surface area contributed by atoms with Crippen LogP contribution >= 0.6 is 12.4 Å². The second-order valence-corrected chi connectivity index (χ2v) is 3.17. The van der Waals surface area contributed by atoms with Gasteiger partial charge in [-0.15, -0.1) is 12.4 Å². The van der Waals surface area contributed by atoms with Gasteiger partial charge in [0.15, 0.2) is 5.69 Å². The molecule has 16 heavy (non-hydrogen) atoms. The van der Waals surface area contributed by atoms with E-state index in [0.717, 1.165) is 13.1 Å². The Balaban J connectivity index is 0.00000225. The van der Waals surface area contributed by atoms with Crippen LogP contribution in [0.15, 0.2) is 6.07 Å². The quantitative estimate of drug-likeness (QED) is 0.876. The van der Waals surface area contributed by atoms with Crippen LogP contribution in [0.25, 0.3) is 0 Å². The zero-order valence-corrected chi connectivity index (χ0v) is 10.4. The Kier molecular flexibility index (Phi) is 5.74. The average molecular weight is 246 g/mol. The van der Waals surface area contributed by atoms with Gasteiger partial charge in [-0.2, -0.15) is 0 Å². The molecule has 1 aromatic heterocycles. The van der Waals surface area contributed by atoms with E-state index < -0.39 is 5.97 Å². The molecule has 0 aromatic carbocycles. The summed E-state index contributed by atoms with van der Waals surface area (Å²) in [6.07, 6.45) is 0. The lowest BCUT2D eigenvalue weighted by atomic mass is 10.3. The smallest absolute Gasteiger partial charge is 0.354 e. The molecule has 0 aliphatic heterocycles. The van der Waals surface area contributed by atoms with Crippen LogP contribution in [0.5, 0.6) is 0 Å². The lowest BCUT2D eigenvalue weighted by Crippen LogP contribution is -2.25. The molecule has 5 nitrogen and oxygen atoms in total. The minimum Gasteiger partial charge on any atom is -0.477 e. The molecule has 6 heteroatoms. The molecule has 0 aliphatic carbocycles. The molecule has 1 aromatic rings. The van der Waals surface area contributed by atoms with Crippen LogP contribution in [0.2, 0.25) is 0 Å². The van der Waals surface area contributed by atoms with Crippen LogP contribution in [-0.2, 0) is 0 Å². The fraction of sp³-hybridized carbons (Fsp3) is 0.500. The van der Waals surface area contributed by atoms with Crippen molar-refractivity contribution >= 4 is 24.3 Å². The summed E-state index contributed by atoms with van der Waals surface area (Å²) >= 11 is 0. The molecule has 0 saturated heterocycles. The first-order valence-corrected chi connectivity index (χ1v) is 4.92. The van der Waals surface area contributed by atoms with E-state index in [2.05, 4.69) is 9.97 Å². The third-order valence-electron chi connectivity index (χ3n) is 2.11. The Hall–Kier alpha value is -1.36. The van der Waals surface area contributed by atoms with Gasteiger partial charge in [0, 0.05) is 18.8 Å². The van der Waals surface area contributed by atoms with Gasteiger partial charge in [-0.1, -0.05) is 0 Å². The Morgan fingerprint density at radius 2 is 1.94 bits per heavy atom. The number of rotatable bonds is 4. The third-order valence-corrected chi connectivity index (χ3v) is 2.11. The lowest BCUT2D eigenvalue weighted by molar-refractivity contribution is 0.0690. The fourth-order valence-corrected chi connectivity index (χ4v) is 1.31. The van der Waals surface area contributed by atoms with Gasteiger partial charge in [0.05, 0.1) is 0 Å². The number of hydrogen-bond donors (Lipinski definition) is 1. The molecule has 0 radical (unpaired) electrons. The number of carbonyl (C=O) groups is 1. The predicted octanol–water partition coefficient (Wildman–Crippen LogP) is 1.75. The molecule has 0 bridgehead atoms. The van der Waals surface area contributed by atoms with E-state index in [1.165, 1.54) is 6.07 Å². The van der Waals surface area contributed by atoms with E-state index in [9.17, 15) is 4.79 Å². The summed E-state index contributed by atoms with van der Waals surface area (Å²) in [5.41, 5.74) is 0.716. The standard InChI is InChI=1S/C10H15N3O2.ClH/c1-4-13(5-2)10-11-7(3)6-8(12-10)9(14)15;/h6H,4-5H2,1-3H3,(H,14,15);1H. The molecule has 0 fully saturated rings. The van der Waals surface area contributed by atoms with Crippen LogP contribution in [0.4, 0.5) is 5.95 Å². The van der Waals surface area contributed by atoms with Crippen LogP contribution < -0.4 is 4.90 Å². The molecule has 0 amide bonds. The Morgan fingerprint density at radius 3 is 2.38 bits per heavy atom. The number of carboxylic acid groups (broad SMARTS) is 1. The lowest BCUT2D eigenvalue weighted by Gasteiger charge is -2.18. The van der Waals surface area contributed by atoms with Crippen LogP contribution in [0, 0.1) is 6.92 Å². The van der Waals surface area contributed by atoms with Gasteiger partial charge < -0.3 is 10.0 Å². The normalized spacial score (nSPS) is 9.44. The van der Waals surface area contributed by atoms with Gasteiger partial charge in [0.2, 0.25) is 5.95 Å². The van der Waals surface area contributed by atoms with Crippen molar-refractivity contribution in [3.05, 3.63) is 17.5 Å². The number of hydrogen-bond acceptors (Lipinski definition) is 4. The summed E-state index contributed by atoms with van der Waals surface area (Å²) < 4.78 is 0. The van der Waals surface area contributed by atoms with E-state index in [1.807, 2.05) is 18.7 Å². The van der Waals surface area contributed by atoms with Crippen molar-refractivity contribution in [2.75, 3.05) is 18.0 Å². The van der Waals surface area contributed by atoms with Crippen molar-refractivity contribution in [1.29, 1.82) is 0 Å². The summed E-state index contributed by atoms with van der Waals surface area (Å²) in [5, 5.41) is 8.85. The van der Waals surface area contributed by atoms with Gasteiger partial charge >= 0.3 is 5.97 Å². The second-order valence-electron chi connectivity index (χ2n) is 3.17. The summed E-state index contributed by atoms with van der Waals surface area (Å²) in [6, 6.07) is 1.47. The number of aryl methyl sites for hydroxylation is 1. The zero-order chi connectivity index (χ0) is 11.4. The van der Waals surface area contributed by atoms with Crippen molar-refractivity contribution in [2.24, 2.45) is 0 Å². The highest BCUT2D eigenvalue weighted by Crippen LogP contribution is 2.09. The van der Waals surface area contributed by atoms with Gasteiger partial charge in [-0.05, 0) is 26.8 Å². The van der Waals surface area contributed by atoms with Crippen LogP contribution in [0.3, 0.4) is 0 Å². The molecule has 0 atom stereocenters. The first kappa shape index (κ1) is 14.6. The molecule has 1 heterocycles. The number of anilines is 1. The molecule has 0 unspecified atom stereocenters. The topological polar surface area (TPSA) is 66.3 Å². The Bertz CT molecular complexity index is 367. The number of aromatic carboxylic acids is 1. The summed E-state index contributed by atoms with van der Waals surface area (Å²) in [4.78, 5) is 20.9. The number of nitrogens with zero attached hydrogens (tertiary/aromatic N) is 3. The first-order valence-electron chi connectivity index (χ1n) is 4.92. The molecule has 1 N–H and O–H groups in total. The Labute approximate surface area is 101 Å². The molecule has 1 rings (SSSR count). The maximum atomic E-state index is 10.8. The number of halogens is 1. The second kappa shape index (κ2) is 6.27. The summed E-state index contributed by atoms with van der Waals surface area (Å²) in [5.74, 6) is -0.536. The minimum atomic E-state index is -1.02. The predicted molar refractivity (Wildman–Crippen MR) is 64.5 cm³/mol. The first-order chi connectivity index (χ1) is 7.08. The molecule has 0 saturated carbocycles. The largest absolute Gasteiger partial charge is 0.477 e. The summed E-state index contributed by atoms with van der Waals surface area (Å²) in [6.45, 7) is 7.25. The highest BCUT2D eigenvalue weighted by molar-refractivity contribution is 5.86. The number of aromatic nitrogens is 2. The van der Waals surface area contributed by atoms with E-state index in [0.29, 0.717) is 11.6 Å². The molecule has 0 spiro atoms. The summed E-state index contributed by atoms with van der Waals surface area (Å²) in [7, 11) is 0. The monoisotopic (exact) mass is 245 g/mol. The molecular formula is C10H16ClN3O2. The highest BCUT2D eigenvalue weighted by atomic mass is 35.5. The van der Waals surface area contributed by atoms with E-state index in [4.69, 9.17) is 5.11 Å². The van der Waals surface area contributed by atoms with E-state index in [-0.39, 0.29) is 18.1 Å². The van der Waals surface area contributed by atoms with Gasteiger partial charge in [-0.25, -0.2) is 14.8 Å². The highest BCUT2D eigenvalue weighted by Gasteiger charge is 2.11. The van der Waals surface area contributed by atoms with Crippen molar-refractivity contribution in [1.82, 2.24) is 9.97 Å². The van der Waals surface area contributed by atoms with E-state index >= 15 is 0 Å². The van der Waals surface area contributed by atoms with Crippen molar-refractivity contribution in [3.8, 4) is 0 Å². The minimum absolute atomic E-state index is 0. The maximum Gasteiger partial charge on any atom is 0.354 e. The van der Waals surface area contributed by atoms with E-state index in [1.54, 1.807) is 6.92 Å². The van der Waals surface area contributed by atoms with Crippen molar-refractivity contribution < 1.29 is 9.90 Å². The van der Waals surface area contributed by atoms with Gasteiger partial charge in [-0.3, -0.25) is 0 Å². The van der Waals surface area contributed by atoms with Gasteiger partial charge in [0.25, 0.3) is 0 Å². The molecule has 0 aliphatic rings. The zero-order valence-electron chi connectivity index (χ0n) is 9.60. The number of carboxylic acids is 1. The van der Waals surface area contributed by atoms with Gasteiger partial charge in [0.1, 0.15) is 0 Å². The SMILES string of the molecule is CCN(CC)c1nc(C)cc(C(=O)O)n1.Cl. The Morgan fingerprint density at radius 1 is 1.38 bits per heavy atom. The average Bonchev–Trinajstić information content (AvgIpc) is 2.18. The fourth-order valence-electron chi connectivity index (χ4n) is 1.31. The van der Waals surface area contributed by atoms with Crippen LogP contribution in [0.1, 0.15) is 30.0 Å². The third kappa shape index (κ3) is 3.34. The van der Waals surface area contributed by atoms with Crippen LogP contribution in [-0.4, -0.2) is 34.1 Å². The van der Waals surface area contributed by atoms with Crippen molar-refractivity contribution in [3.63, 3.8) is 0 Å². The van der Waals surface area contributed by atoms with Crippen molar-refractivity contribution in [2.45, 2.75) is 20.8 Å². The molecular weight excluding hydrogens is 230 g/mol. The maximum absolute atomic E-state index is 10.8.